The van der Waals surface area contributed by atoms with E-state index in [9.17, 15) is 9.59 Å². The molecule has 0 radical (unpaired) electrons. The maximum Gasteiger partial charge on any atom is 0.410 e. The Balaban J connectivity index is 1.16. The molecular formula is C29H31N3O3. The molecule has 1 aliphatic carbocycles. The summed E-state index contributed by atoms with van der Waals surface area (Å²) in [6.07, 6.45) is 7.66. The van der Waals surface area contributed by atoms with Gasteiger partial charge in [-0.05, 0) is 61.3 Å². The lowest BCUT2D eigenvalue weighted by molar-refractivity contribution is 0.00651. The van der Waals surface area contributed by atoms with Crippen LogP contribution in [0.3, 0.4) is 0 Å². The smallest absolute Gasteiger partial charge is 0.410 e. The second-order valence-electron chi connectivity index (χ2n) is 10.1. The molecule has 1 amide bonds. The van der Waals surface area contributed by atoms with Gasteiger partial charge in [0.1, 0.15) is 6.61 Å². The zero-order valence-corrected chi connectivity index (χ0v) is 20.1. The molecule has 6 nitrogen and oxygen atoms in total. The van der Waals surface area contributed by atoms with Gasteiger partial charge in [-0.15, -0.1) is 0 Å². The van der Waals surface area contributed by atoms with Crippen LogP contribution in [0, 0.1) is 5.92 Å². The van der Waals surface area contributed by atoms with Crippen LogP contribution in [-0.4, -0.2) is 45.2 Å². The summed E-state index contributed by atoms with van der Waals surface area (Å²) >= 11 is 0. The van der Waals surface area contributed by atoms with E-state index in [1.165, 1.54) is 22.3 Å². The van der Waals surface area contributed by atoms with Crippen molar-refractivity contribution in [3.63, 3.8) is 0 Å². The largest absolute Gasteiger partial charge is 0.448 e. The van der Waals surface area contributed by atoms with E-state index in [1.54, 1.807) is 10.9 Å². The third-order valence-electron chi connectivity index (χ3n) is 8.13. The number of amides is 1. The van der Waals surface area contributed by atoms with Crippen molar-refractivity contribution >= 4 is 11.9 Å². The molecule has 0 N–H and O–H groups in total. The van der Waals surface area contributed by atoms with E-state index in [0.29, 0.717) is 25.0 Å². The molecule has 2 saturated heterocycles. The van der Waals surface area contributed by atoms with Crippen molar-refractivity contribution in [1.82, 2.24) is 14.7 Å². The molecule has 3 heterocycles. The van der Waals surface area contributed by atoms with Gasteiger partial charge in [0.15, 0.2) is 5.78 Å². The first-order valence-corrected chi connectivity index (χ1v) is 12.8. The number of fused-ring (bicyclic) bond motifs is 5. The molecule has 2 atom stereocenters. The fourth-order valence-corrected chi connectivity index (χ4v) is 6.46. The summed E-state index contributed by atoms with van der Waals surface area (Å²) in [5.41, 5.74) is 5.58. The normalized spacial score (nSPS) is 23.0. The predicted octanol–water partition coefficient (Wildman–Crippen LogP) is 5.67. The molecule has 0 spiro atoms. The lowest BCUT2D eigenvalue weighted by Gasteiger charge is -2.47. The zero-order chi connectivity index (χ0) is 23.9. The molecule has 2 aliphatic heterocycles. The van der Waals surface area contributed by atoms with Crippen molar-refractivity contribution in [2.24, 2.45) is 5.92 Å². The van der Waals surface area contributed by atoms with E-state index in [0.717, 1.165) is 25.8 Å². The lowest BCUT2D eigenvalue weighted by Crippen LogP contribution is -2.55. The van der Waals surface area contributed by atoms with Gasteiger partial charge in [0, 0.05) is 36.7 Å². The van der Waals surface area contributed by atoms with Crippen LogP contribution in [0.2, 0.25) is 0 Å². The Morgan fingerprint density at radius 1 is 0.971 bits per heavy atom. The Bertz CT molecular complexity index is 1210. The van der Waals surface area contributed by atoms with Crippen LogP contribution in [-0.2, 0) is 11.3 Å². The van der Waals surface area contributed by atoms with E-state index in [1.807, 2.05) is 18.0 Å². The van der Waals surface area contributed by atoms with E-state index < -0.39 is 0 Å². The second-order valence-corrected chi connectivity index (χ2v) is 10.1. The molecule has 6 heteroatoms. The quantitative estimate of drug-likeness (QED) is 0.452. The number of piperidine rings is 2. The molecule has 2 unspecified atom stereocenters. The molecule has 2 bridgehead atoms. The van der Waals surface area contributed by atoms with E-state index in [4.69, 9.17) is 4.74 Å². The zero-order valence-electron chi connectivity index (χ0n) is 20.1. The number of hydrogen-bond acceptors (Lipinski definition) is 4. The minimum Gasteiger partial charge on any atom is -0.448 e. The molecule has 6 rings (SSSR count). The number of rotatable bonds is 5. The number of aryl methyl sites for hydroxylation is 1. The van der Waals surface area contributed by atoms with Crippen LogP contribution >= 0.6 is 0 Å². The summed E-state index contributed by atoms with van der Waals surface area (Å²) in [4.78, 5) is 28.5. The number of ether oxygens (including phenoxy) is 1. The van der Waals surface area contributed by atoms with Crippen molar-refractivity contribution in [1.29, 1.82) is 0 Å². The molecule has 2 aromatic carbocycles. The van der Waals surface area contributed by atoms with Crippen LogP contribution in [0.15, 0.2) is 60.9 Å². The Morgan fingerprint density at radius 3 is 2.20 bits per heavy atom. The summed E-state index contributed by atoms with van der Waals surface area (Å²) in [5.74, 6) is 0.159. The van der Waals surface area contributed by atoms with Crippen LogP contribution in [0.25, 0.3) is 11.1 Å². The number of carbonyl (C=O) groups is 2. The number of benzene rings is 2. The van der Waals surface area contributed by atoms with E-state index >= 15 is 0 Å². The van der Waals surface area contributed by atoms with Gasteiger partial charge in [-0.25, -0.2) is 4.79 Å². The third kappa shape index (κ3) is 3.85. The Kier molecular flexibility index (Phi) is 5.67. The average Bonchev–Trinajstić information content (AvgIpc) is 3.49. The number of Topliss-reactive ketones (excluding diaryl/α,β-unsaturated/α-hetero) is 1. The number of carbonyl (C=O) groups excluding carboxylic acids is 2. The Morgan fingerprint density at radius 2 is 1.60 bits per heavy atom. The first-order chi connectivity index (χ1) is 17.1. The van der Waals surface area contributed by atoms with Gasteiger partial charge in [0.25, 0.3) is 0 Å². The predicted molar refractivity (Wildman–Crippen MR) is 133 cm³/mol. The highest BCUT2D eigenvalue weighted by atomic mass is 16.6. The van der Waals surface area contributed by atoms with Crippen molar-refractivity contribution in [2.75, 3.05) is 6.61 Å². The first-order valence-electron chi connectivity index (χ1n) is 12.8. The van der Waals surface area contributed by atoms with E-state index in [-0.39, 0.29) is 35.8 Å². The van der Waals surface area contributed by atoms with Gasteiger partial charge in [0.05, 0.1) is 11.8 Å². The summed E-state index contributed by atoms with van der Waals surface area (Å²) in [6.45, 7) is 3.10. The van der Waals surface area contributed by atoms with Gasteiger partial charge >= 0.3 is 6.09 Å². The van der Waals surface area contributed by atoms with Crippen molar-refractivity contribution in [3.05, 3.63) is 77.6 Å². The third-order valence-corrected chi connectivity index (χ3v) is 8.13. The highest BCUT2D eigenvalue weighted by Gasteiger charge is 2.44. The minimum absolute atomic E-state index is 0.0559. The first kappa shape index (κ1) is 22.1. The highest BCUT2D eigenvalue weighted by Crippen LogP contribution is 2.45. The molecule has 180 valence electrons. The van der Waals surface area contributed by atoms with Crippen molar-refractivity contribution < 1.29 is 14.3 Å². The fraction of sp³-hybridized carbons (Fsp3) is 0.414. The van der Waals surface area contributed by atoms with Crippen molar-refractivity contribution in [2.45, 2.75) is 63.6 Å². The highest BCUT2D eigenvalue weighted by molar-refractivity contribution is 5.97. The fourth-order valence-electron chi connectivity index (χ4n) is 6.46. The topological polar surface area (TPSA) is 64.4 Å². The van der Waals surface area contributed by atoms with Gasteiger partial charge in [-0.1, -0.05) is 48.5 Å². The summed E-state index contributed by atoms with van der Waals surface area (Å²) in [6, 6.07) is 16.9. The summed E-state index contributed by atoms with van der Waals surface area (Å²) in [7, 11) is 0. The van der Waals surface area contributed by atoms with E-state index in [2.05, 4.69) is 53.6 Å². The van der Waals surface area contributed by atoms with Crippen LogP contribution in [0.4, 0.5) is 4.79 Å². The second kappa shape index (κ2) is 8.99. The molecule has 3 aromatic rings. The summed E-state index contributed by atoms with van der Waals surface area (Å²) in [5, 5.41) is 4.27. The van der Waals surface area contributed by atoms with Crippen LogP contribution in [0.5, 0.6) is 0 Å². The molecule has 2 fully saturated rings. The average molecular weight is 470 g/mol. The van der Waals surface area contributed by atoms with Gasteiger partial charge in [0.2, 0.25) is 0 Å². The number of ketones is 1. The Labute approximate surface area is 205 Å². The maximum atomic E-state index is 13.4. The maximum absolute atomic E-state index is 13.4. The van der Waals surface area contributed by atoms with Crippen molar-refractivity contribution in [3.8, 4) is 11.1 Å². The number of hydrogen-bond donors (Lipinski definition) is 0. The molecule has 1 aromatic heterocycles. The molecule has 3 aliphatic rings. The number of nitrogens with zero attached hydrogens (tertiary/aromatic N) is 3. The Hall–Kier alpha value is -3.41. The molecule has 35 heavy (non-hydrogen) atoms. The molecule has 0 saturated carbocycles. The lowest BCUT2D eigenvalue weighted by atomic mass is 9.76. The van der Waals surface area contributed by atoms with Gasteiger partial charge in [-0.2, -0.15) is 5.10 Å². The standard InChI is InChI=1S/C29H31N3O3/c1-2-31-17-20(16-30-31)28(33)19-14-21-8-7-9-22(15-19)32(21)29(34)35-18-27-25-12-5-3-10-23(25)24-11-4-6-13-26(24)27/h3-6,10-13,16-17,19,21-22,27H,2,7-9,14-15,18H2,1H3. The molecular weight excluding hydrogens is 438 g/mol. The monoisotopic (exact) mass is 469 g/mol. The minimum atomic E-state index is -0.230. The SMILES string of the molecule is CCn1cc(C(=O)C2CC3CCCC(C2)N3C(=O)OCC2c3ccccc3-c3ccccc32)cn1. The van der Waals surface area contributed by atoms with Gasteiger partial charge < -0.3 is 9.64 Å². The number of aromatic nitrogens is 2. The summed E-state index contributed by atoms with van der Waals surface area (Å²) < 4.78 is 7.79. The van der Waals surface area contributed by atoms with Gasteiger partial charge in [-0.3, -0.25) is 9.48 Å². The van der Waals surface area contributed by atoms with Crippen LogP contribution < -0.4 is 0 Å². The van der Waals surface area contributed by atoms with Crippen LogP contribution in [0.1, 0.15) is 66.4 Å².